The van der Waals surface area contributed by atoms with Crippen molar-refractivity contribution in [2.24, 2.45) is 0 Å². The molecule has 136 valence electrons. The van der Waals surface area contributed by atoms with Gasteiger partial charge in [0.1, 0.15) is 17.6 Å². The van der Waals surface area contributed by atoms with E-state index in [4.69, 9.17) is 4.74 Å². The summed E-state index contributed by atoms with van der Waals surface area (Å²) in [6.45, 7) is 2.72. The molecular weight excluding hydrogens is 342 g/mol. The molecule has 2 aromatic rings. The molecular formula is C19H18F2N2O3. The fourth-order valence-corrected chi connectivity index (χ4v) is 2.74. The van der Waals surface area contributed by atoms with Crippen molar-refractivity contribution < 1.29 is 23.1 Å². The van der Waals surface area contributed by atoms with Crippen LogP contribution in [0.3, 0.4) is 0 Å². The summed E-state index contributed by atoms with van der Waals surface area (Å²) in [6.07, 6.45) is 0.687. The molecule has 5 nitrogen and oxygen atoms in total. The Morgan fingerprint density at radius 2 is 1.92 bits per heavy atom. The normalized spacial score (nSPS) is 17.4. The predicted molar refractivity (Wildman–Crippen MR) is 91.0 cm³/mol. The molecule has 1 fully saturated rings. The Balaban J connectivity index is 1.74. The topological polar surface area (TPSA) is 58.6 Å². The number of benzene rings is 2. The van der Waals surface area contributed by atoms with Crippen molar-refractivity contribution in [3.63, 3.8) is 0 Å². The van der Waals surface area contributed by atoms with Crippen molar-refractivity contribution in [2.45, 2.75) is 19.4 Å². The van der Waals surface area contributed by atoms with Gasteiger partial charge in [0.2, 0.25) is 5.91 Å². The predicted octanol–water partition coefficient (Wildman–Crippen LogP) is 3.11. The highest BCUT2D eigenvalue weighted by Gasteiger charge is 2.28. The smallest absolute Gasteiger partial charge is 0.254 e. The first kappa shape index (κ1) is 17.8. The molecule has 26 heavy (non-hydrogen) atoms. The third kappa shape index (κ3) is 3.82. The van der Waals surface area contributed by atoms with E-state index in [1.165, 1.54) is 23.1 Å². The lowest BCUT2D eigenvalue weighted by Crippen LogP contribution is -2.45. The zero-order chi connectivity index (χ0) is 18.7. The Morgan fingerprint density at radius 3 is 2.62 bits per heavy atom. The van der Waals surface area contributed by atoms with Gasteiger partial charge in [-0.2, -0.15) is 0 Å². The van der Waals surface area contributed by atoms with Gasteiger partial charge in [-0.15, -0.1) is 0 Å². The summed E-state index contributed by atoms with van der Waals surface area (Å²) in [5.74, 6) is -1.73. The monoisotopic (exact) mass is 360 g/mol. The second-order valence-corrected chi connectivity index (χ2v) is 6.02. The van der Waals surface area contributed by atoms with Gasteiger partial charge in [-0.1, -0.05) is 0 Å². The van der Waals surface area contributed by atoms with E-state index < -0.39 is 17.7 Å². The van der Waals surface area contributed by atoms with Crippen LogP contribution in [0.1, 0.15) is 23.7 Å². The molecule has 0 aromatic heterocycles. The van der Waals surface area contributed by atoms with Gasteiger partial charge in [0.15, 0.2) is 11.6 Å². The third-order valence-electron chi connectivity index (χ3n) is 4.21. The number of ether oxygens (including phenoxy) is 1. The van der Waals surface area contributed by atoms with Crippen molar-refractivity contribution in [2.75, 3.05) is 13.1 Å². The van der Waals surface area contributed by atoms with Crippen LogP contribution < -0.4 is 10.1 Å². The summed E-state index contributed by atoms with van der Waals surface area (Å²) >= 11 is 0. The lowest BCUT2D eigenvalue weighted by Gasteiger charge is -2.25. The molecule has 0 spiro atoms. The quantitative estimate of drug-likeness (QED) is 0.915. The number of halogens is 2. The van der Waals surface area contributed by atoms with Crippen LogP contribution in [0.4, 0.5) is 8.78 Å². The van der Waals surface area contributed by atoms with Crippen LogP contribution in [0.25, 0.3) is 0 Å². The Kier molecular flexibility index (Phi) is 5.16. The molecule has 1 N–H and O–H groups in total. The van der Waals surface area contributed by atoms with Crippen LogP contribution in [-0.2, 0) is 4.79 Å². The second kappa shape index (κ2) is 7.51. The number of hydrogen-bond donors (Lipinski definition) is 1. The summed E-state index contributed by atoms with van der Waals surface area (Å²) in [5, 5.41) is 2.76. The molecule has 1 atom stereocenters. The van der Waals surface area contributed by atoms with E-state index in [-0.39, 0.29) is 17.6 Å². The summed E-state index contributed by atoms with van der Waals surface area (Å²) in [6, 6.07) is 8.64. The van der Waals surface area contributed by atoms with Crippen molar-refractivity contribution in [1.29, 1.82) is 0 Å². The van der Waals surface area contributed by atoms with Crippen LogP contribution in [0, 0.1) is 11.6 Å². The molecule has 1 saturated heterocycles. The molecule has 2 aromatic carbocycles. The minimum atomic E-state index is -0.811. The summed E-state index contributed by atoms with van der Waals surface area (Å²) < 4.78 is 31.9. The zero-order valence-electron chi connectivity index (χ0n) is 14.2. The van der Waals surface area contributed by atoms with Crippen LogP contribution in [0.15, 0.2) is 42.5 Å². The highest BCUT2D eigenvalue weighted by Crippen LogP contribution is 2.25. The van der Waals surface area contributed by atoms with Crippen molar-refractivity contribution in [3.8, 4) is 11.5 Å². The number of carbonyl (C=O) groups is 2. The highest BCUT2D eigenvalue weighted by atomic mass is 19.1. The van der Waals surface area contributed by atoms with Crippen molar-refractivity contribution in [3.05, 3.63) is 59.7 Å². The van der Waals surface area contributed by atoms with Crippen LogP contribution >= 0.6 is 0 Å². The van der Waals surface area contributed by atoms with Gasteiger partial charge in [-0.05, 0) is 49.7 Å². The maximum atomic E-state index is 13.6. The number of rotatable bonds is 3. The maximum absolute atomic E-state index is 13.6. The molecule has 2 amide bonds. The minimum Gasteiger partial charge on any atom is -0.454 e. The van der Waals surface area contributed by atoms with E-state index in [1.54, 1.807) is 19.1 Å². The lowest BCUT2D eigenvalue weighted by atomic mass is 10.1. The van der Waals surface area contributed by atoms with Gasteiger partial charge in [0, 0.05) is 24.7 Å². The van der Waals surface area contributed by atoms with Gasteiger partial charge in [-0.25, -0.2) is 8.78 Å². The second-order valence-electron chi connectivity index (χ2n) is 6.02. The Labute approximate surface area is 149 Å². The SMILES string of the molecule is C[C@@H]1C(=O)NCCCN1C(=O)c1ccc(Oc2ccc(F)cc2F)cc1. The van der Waals surface area contributed by atoms with Crippen LogP contribution in [-0.4, -0.2) is 35.8 Å². The maximum Gasteiger partial charge on any atom is 0.254 e. The molecule has 1 aliphatic rings. The van der Waals surface area contributed by atoms with Crippen LogP contribution in [0.5, 0.6) is 11.5 Å². The Morgan fingerprint density at radius 1 is 1.19 bits per heavy atom. The first-order chi connectivity index (χ1) is 12.5. The Hall–Kier alpha value is -2.96. The third-order valence-corrected chi connectivity index (χ3v) is 4.21. The van der Waals surface area contributed by atoms with Gasteiger partial charge in [0.25, 0.3) is 5.91 Å². The van der Waals surface area contributed by atoms with Crippen molar-refractivity contribution in [1.82, 2.24) is 10.2 Å². The molecule has 1 heterocycles. The van der Waals surface area contributed by atoms with E-state index in [1.807, 2.05) is 0 Å². The summed E-state index contributed by atoms with van der Waals surface area (Å²) in [7, 11) is 0. The highest BCUT2D eigenvalue weighted by molar-refractivity contribution is 5.97. The van der Waals surface area contributed by atoms with E-state index in [0.717, 1.165) is 12.1 Å². The van der Waals surface area contributed by atoms with Gasteiger partial charge < -0.3 is 15.0 Å². The van der Waals surface area contributed by atoms with Gasteiger partial charge >= 0.3 is 0 Å². The van der Waals surface area contributed by atoms with Gasteiger partial charge in [-0.3, -0.25) is 9.59 Å². The standard InChI is InChI=1S/C19H18F2N2O3/c1-12-18(24)22-9-2-10-23(12)19(25)13-3-6-15(7-4-13)26-17-8-5-14(20)11-16(17)21/h3-8,11-12H,2,9-10H2,1H3,(H,22,24)/t12-/m1/s1. The Bertz CT molecular complexity index is 824. The number of amides is 2. The first-order valence-corrected chi connectivity index (χ1v) is 8.27. The van der Waals surface area contributed by atoms with E-state index in [9.17, 15) is 18.4 Å². The number of carbonyl (C=O) groups excluding carboxylic acids is 2. The van der Waals surface area contributed by atoms with E-state index >= 15 is 0 Å². The molecule has 0 bridgehead atoms. The number of nitrogens with zero attached hydrogens (tertiary/aromatic N) is 1. The number of hydrogen-bond acceptors (Lipinski definition) is 3. The van der Waals surface area contributed by atoms with Gasteiger partial charge in [0.05, 0.1) is 0 Å². The molecule has 0 aliphatic carbocycles. The first-order valence-electron chi connectivity index (χ1n) is 8.27. The molecule has 3 rings (SSSR count). The average molecular weight is 360 g/mol. The van der Waals surface area contributed by atoms with E-state index in [2.05, 4.69) is 5.32 Å². The molecule has 0 saturated carbocycles. The summed E-state index contributed by atoms with van der Waals surface area (Å²) in [5.41, 5.74) is 0.401. The molecule has 0 radical (unpaired) electrons. The van der Waals surface area contributed by atoms with E-state index in [0.29, 0.717) is 30.8 Å². The van der Waals surface area contributed by atoms with Crippen LogP contribution in [0.2, 0.25) is 0 Å². The lowest BCUT2D eigenvalue weighted by molar-refractivity contribution is -0.124. The molecule has 7 heteroatoms. The largest absolute Gasteiger partial charge is 0.454 e. The fourth-order valence-electron chi connectivity index (χ4n) is 2.74. The molecule has 0 unspecified atom stereocenters. The summed E-state index contributed by atoms with van der Waals surface area (Å²) in [4.78, 5) is 26.1. The minimum absolute atomic E-state index is 0.108. The number of nitrogens with one attached hydrogen (secondary N) is 1. The molecule has 1 aliphatic heterocycles. The average Bonchev–Trinajstić information content (AvgIpc) is 2.79. The fraction of sp³-hybridized carbons (Fsp3) is 0.263. The van der Waals surface area contributed by atoms with Crippen molar-refractivity contribution >= 4 is 11.8 Å². The zero-order valence-corrected chi connectivity index (χ0v) is 14.2.